The lowest BCUT2D eigenvalue weighted by molar-refractivity contribution is 0.100. The lowest BCUT2D eigenvalue weighted by Gasteiger charge is -2.29. The molecule has 0 heterocycles. The van der Waals surface area contributed by atoms with E-state index >= 15 is 0 Å². The van der Waals surface area contributed by atoms with Gasteiger partial charge in [0.15, 0.2) is 0 Å². The van der Waals surface area contributed by atoms with Crippen LogP contribution < -0.4 is 16.4 Å². The first-order chi connectivity index (χ1) is 9.56. The smallest absolute Gasteiger partial charge is 0.319 e. The van der Waals surface area contributed by atoms with Gasteiger partial charge >= 0.3 is 6.03 Å². The van der Waals surface area contributed by atoms with E-state index in [2.05, 4.69) is 17.6 Å². The molecule has 1 saturated carbocycles. The Balaban J connectivity index is 1.94. The highest BCUT2D eigenvalue weighted by Gasteiger charge is 2.22. The first-order valence-electron chi connectivity index (χ1n) is 7.03. The standard InChI is InChI=1S/C15H21N3O2/c1-10-5-2-3-8-13(10)18-15(20)17-12-7-4-6-11(9-12)14(16)19/h4,6-7,9-10,13H,2-3,5,8H2,1H3,(H2,16,19)(H2,17,18,20)/t10-,13+/m0/s1. The SMILES string of the molecule is C[C@H]1CCCC[C@H]1NC(=O)Nc1cccc(C(N)=O)c1. The quantitative estimate of drug-likeness (QED) is 0.791. The molecule has 20 heavy (non-hydrogen) atoms. The summed E-state index contributed by atoms with van der Waals surface area (Å²) in [6, 6.07) is 6.62. The van der Waals surface area contributed by atoms with Crippen molar-refractivity contribution in [2.75, 3.05) is 5.32 Å². The third kappa shape index (κ3) is 3.73. The average molecular weight is 275 g/mol. The van der Waals surface area contributed by atoms with Gasteiger partial charge in [0.05, 0.1) is 0 Å². The molecule has 1 aromatic rings. The number of rotatable bonds is 3. The number of hydrogen-bond donors (Lipinski definition) is 3. The van der Waals surface area contributed by atoms with E-state index in [1.54, 1.807) is 24.3 Å². The van der Waals surface area contributed by atoms with Gasteiger partial charge in [-0.05, 0) is 37.0 Å². The van der Waals surface area contributed by atoms with Crippen LogP contribution in [0.25, 0.3) is 0 Å². The monoisotopic (exact) mass is 275 g/mol. The molecule has 1 aliphatic carbocycles. The Hall–Kier alpha value is -2.04. The maximum atomic E-state index is 12.0. The molecule has 0 saturated heterocycles. The Morgan fingerprint density at radius 2 is 2.00 bits per heavy atom. The van der Waals surface area contributed by atoms with Crippen LogP contribution in [0.15, 0.2) is 24.3 Å². The number of carbonyl (C=O) groups excluding carboxylic acids is 2. The molecule has 5 heteroatoms. The van der Waals surface area contributed by atoms with Crippen molar-refractivity contribution in [3.63, 3.8) is 0 Å². The normalized spacial score (nSPS) is 22.1. The predicted octanol–water partition coefficient (Wildman–Crippen LogP) is 2.49. The number of carbonyl (C=O) groups is 2. The van der Waals surface area contributed by atoms with Gasteiger partial charge in [-0.2, -0.15) is 0 Å². The van der Waals surface area contributed by atoms with Gasteiger partial charge in [-0.25, -0.2) is 4.79 Å². The van der Waals surface area contributed by atoms with E-state index in [0.717, 1.165) is 19.3 Å². The molecular weight excluding hydrogens is 254 g/mol. The van der Waals surface area contributed by atoms with Crippen LogP contribution in [0, 0.1) is 5.92 Å². The van der Waals surface area contributed by atoms with Gasteiger partial charge in [0.2, 0.25) is 5.91 Å². The van der Waals surface area contributed by atoms with Crippen molar-refractivity contribution >= 4 is 17.6 Å². The highest BCUT2D eigenvalue weighted by molar-refractivity contribution is 5.95. The van der Waals surface area contributed by atoms with Crippen molar-refractivity contribution in [2.45, 2.75) is 38.6 Å². The predicted molar refractivity (Wildman–Crippen MR) is 78.5 cm³/mol. The molecule has 0 aromatic heterocycles. The molecule has 4 N–H and O–H groups in total. The molecule has 0 bridgehead atoms. The second-order valence-electron chi connectivity index (χ2n) is 5.41. The number of benzene rings is 1. The van der Waals surface area contributed by atoms with Crippen molar-refractivity contribution in [1.29, 1.82) is 0 Å². The summed E-state index contributed by atoms with van der Waals surface area (Å²) < 4.78 is 0. The summed E-state index contributed by atoms with van der Waals surface area (Å²) in [7, 11) is 0. The lowest BCUT2D eigenvalue weighted by atomic mass is 9.86. The summed E-state index contributed by atoms with van der Waals surface area (Å²) in [6.07, 6.45) is 4.58. The zero-order valence-corrected chi connectivity index (χ0v) is 11.7. The van der Waals surface area contributed by atoms with Crippen LogP contribution in [0.1, 0.15) is 43.0 Å². The first-order valence-corrected chi connectivity index (χ1v) is 7.03. The largest absolute Gasteiger partial charge is 0.366 e. The summed E-state index contributed by atoms with van der Waals surface area (Å²) in [5, 5.41) is 5.75. The van der Waals surface area contributed by atoms with E-state index in [4.69, 9.17) is 5.73 Å². The minimum absolute atomic E-state index is 0.225. The van der Waals surface area contributed by atoms with Crippen molar-refractivity contribution in [1.82, 2.24) is 5.32 Å². The molecule has 0 unspecified atom stereocenters. The third-order valence-corrected chi connectivity index (χ3v) is 3.83. The van der Waals surface area contributed by atoms with Crippen molar-refractivity contribution in [3.8, 4) is 0 Å². The molecule has 108 valence electrons. The molecule has 0 spiro atoms. The highest BCUT2D eigenvalue weighted by Crippen LogP contribution is 2.23. The fourth-order valence-electron chi connectivity index (χ4n) is 2.62. The van der Waals surface area contributed by atoms with E-state index in [0.29, 0.717) is 17.2 Å². The maximum Gasteiger partial charge on any atom is 0.319 e. The van der Waals surface area contributed by atoms with Crippen LogP contribution >= 0.6 is 0 Å². The number of nitrogens with two attached hydrogens (primary N) is 1. The summed E-state index contributed by atoms with van der Waals surface area (Å²) in [6.45, 7) is 2.16. The van der Waals surface area contributed by atoms with Gasteiger partial charge in [-0.15, -0.1) is 0 Å². The molecular formula is C15H21N3O2. The van der Waals surface area contributed by atoms with Crippen LogP contribution in [-0.4, -0.2) is 18.0 Å². The van der Waals surface area contributed by atoms with Crippen LogP contribution in [0.3, 0.4) is 0 Å². The zero-order valence-electron chi connectivity index (χ0n) is 11.7. The Bertz CT molecular complexity index is 502. The summed E-state index contributed by atoms with van der Waals surface area (Å²) in [5.74, 6) is 0.00131. The van der Waals surface area contributed by atoms with Gasteiger partial charge in [-0.3, -0.25) is 4.79 Å². The summed E-state index contributed by atoms with van der Waals surface area (Å²) in [4.78, 5) is 23.1. The van der Waals surface area contributed by atoms with Gasteiger partial charge in [0.25, 0.3) is 0 Å². The Morgan fingerprint density at radius 3 is 2.70 bits per heavy atom. The summed E-state index contributed by atoms with van der Waals surface area (Å²) in [5.41, 5.74) is 6.17. The van der Waals surface area contributed by atoms with E-state index < -0.39 is 5.91 Å². The van der Waals surface area contributed by atoms with Crippen molar-refractivity contribution in [3.05, 3.63) is 29.8 Å². The zero-order chi connectivity index (χ0) is 14.5. The van der Waals surface area contributed by atoms with E-state index in [-0.39, 0.29) is 12.1 Å². The highest BCUT2D eigenvalue weighted by atomic mass is 16.2. The fourth-order valence-corrected chi connectivity index (χ4v) is 2.62. The average Bonchev–Trinajstić information content (AvgIpc) is 2.41. The van der Waals surface area contributed by atoms with Crippen LogP contribution in [0.5, 0.6) is 0 Å². The minimum Gasteiger partial charge on any atom is -0.366 e. The molecule has 0 aliphatic heterocycles. The van der Waals surface area contributed by atoms with Crippen LogP contribution in [0.2, 0.25) is 0 Å². The molecule has 3 amide bonds. The number of anilines is 1. The molecule has 1 fully saturated rings. The maximum absolute atomic E-state index is 12.0. The number of urea groups is 1. The van der Waals surface area contributed by atoms with Crippen LogP contribution in [0.4, 0.5) is 10.5 Å². The second-order valence-corrected chi connectivity index (χ2v) is 5.41. The molecule has 5 nitrogen and oxygen atoms in total. The van der Waals surface area contributed by atoms with Gasteiger partial charge < -0.3 is 16.4 Å². The molecule has 1 aliphatic rings. The van der Waals surface area contributed by atoms with Gasteiger partial charge in [-0.1, -0.05) is 25.8 Å². The van der Waals surface area contributed by atoms with E-state index in [9.17, 15) is 9.59 Å². The van der Waals surface area contributed by atoms with E-state index in [1.807, 2.05) is 0 Å². The van der Waals surface area contributed by atoms with Gasteiger partial charge in [0.1, 0.15) is 0 Å². The fraction of sp³-hybridized carbons (Fsp3) is 0.467. The molecule has 0 radical (unpaired) electrons. The van der Waals surface area contributed by atoms with Crippen LogP contribution in [-0.2, 0) is 0 Å². The van der Waals surface area contributed by atoms with Crippen molar-refractivity contribution < 1.29 is 9.59 Å². The molecule has 2 rings (SSSR count). The second kappa shape index (κ2) is 6.41. The molecule has 2 atom stereocenters. The van der Waals surface area contributed by atoms with Gasteiger partial charge in [0, 0.05) is 17.3 Å². The first kappa shape index (κ1) is 14.4. The topological polar surface area (TPSA) is 84.2 Å². The number of primary amides is 1. The molecule has 1 aromatic carbocycles. The lowest BCUT2D eigenvalue weighted by Crippen LogP contribution is -2.43. The number of hydrogen-bond acceptors (Lipinski definition) is 2. The third-order valence-electron chi connectivity index (χ3n) is 3.83. The Kier molecular flexibility index (Phi) is 4.61. The Morgan fingerprint density at radius 1 is 1.25 bits per heavy atom. The van der Waals surface area contributed by atoms with E-state index in [1.165, 1.54) is 6.42 Å². The minimum atomic E-state index is -0.505. The van der Waals surface area contributed by atoms with Crippen molar-refractivity contribution in [2.24, 2.45) is 11.7 Å². The number of nitrogens with one attached hydrogen (secondary N) is 2. The Labute approximate surface area is 118 Å². The summed E-state index contributed by atoms with van der Waals surface area (Å²) >= 11 is 0. The number of amides is 3.